The third-order valence-corrected chi connectivity index (χ3v) is 2.67. The van der Waals surface area contributed by atoms with Crippen LogP contribution in [0.5, 0.6) is 0 Å². The van der Waals surface area contributed by atoms with Gasteiger partial charge in [-0.15, -0.1) is 0 Å². The van der Waals surface area contributed by atoms with Crippen molar-refractivity contribution in [3.05, 3.63) is 34.6 Å². The summed E-state index contributed by atoms with van der Waals surface area (Å²) in [5.41, 5.74) is 6.19. The van der Waals surface area contributed by atoms with E-state index in [9.17, 15) is 9.18 Å². The van der Waals surface area contributed by atoms with Crippen LogP contribution in [-0.4, -0.2) is 19.5 Å². The SMILES string of the molecule is CNC(=O)C(CN)Cc1ccc(Cl)c(F)c1. The molecular weight excluding hydrogens is 231 g/mol. The molecule has 0 heterocycles. The Kier molecular flexibility index (Phi) is 4.71. The van der Waals surface area contributed by atoms with Gasteiger partial charge in [-0.3, -0.25) is 4.79 Å². The first-order valence-corrected chi connectivity index (χ1v) is 5.32. The smallest absolute Gasteiger partial charge is 0.224 e. The van der Waals surface area contributed by atoms with Gasteiger partial charge in [0.15, 0.2) is 0 Å². The van der Waals surface area contributed by atoms with Gasteiger partial charge in [0.1, 0.15) is 5.82 Å². The second-order valence-corrected chi connectivity index (χ2v) is 3.91. The summed E-state index contributed by atoms with van der Waals surface area (Å²) in [5, 5.41) is 2.60. The van der Waals surface area contributed by atoms with Gasteiger partial charge in [0.2, 0.25) is 5.91 Å². The molecule has 0 radical (unpaired) electrons. The third-order valence-electron chi connectivity index (χ3n) is 2.37. The van der Waals surface area contributed by atoms with Crippen LogP contribution in [0.1, 0.15) is 5.56 Å². The molecule has 5 heteroatoms. The van der Waals surface area contributed by atoms with E-state index in [1.165, 1.54) is 12.1 Å². The molecule has 1 unspecified atom stereocenters. The van der Waals surface area contributed by atoms with E-state index in [1.54, 1.807) is 13.1 Å². The van der Waals surface area contributed by atoms with Gasteiger partial charge in [0.25, 0.3) is 0 Å². The highest BCUT2D eigenvalue weighted by atomic mass is 35.5. The lowest BCUT2D eigenvalue weighted by molar-refractivity contribution is -0.124. The lowest BCUT2D eigenvalue weighted by Gasteiger charge is -2.13. The Labute approximate surface area is 98.8 Å². The van der Waals surface area contributed by atoms with Crippen molar-refractivity contribution in [2.45, 2.75) is 6.42 Å². The van der Waals surface area contributed by atoms with E-state index in [0.717, 1.165) is 0 Å². The van der Waals surface area contributed by atoms with Gasteiger partial charge < -0.3 is 11.1 Å². The molecule has 3 nitrogen and oxygen atoms in total. The fourth-order valence-electron chi connectivity index (χ4n) is 1.44. The zero-order valence-corrected chi connectivity index (χ0v) is 9.72. The molecule has 0 aliphatic rings. The second-order valence-electron chi connectivity index (χ2n) is 3.50. The molecule has 88 valence electrons. The molecule has 0 fully saturated rings. The molecule has 0 spiro atoms. The number of nitrogens with two attached hydrogens (primary N) is 1. The van der Waals surface area contributed by atoms with Crippen LogP contribution < -0.4 is 11.1 Å². The number of rotatable bonds is 4. The Hall–Kier alpha value is -1.13. The normalized spacial score (nSPS) is 12.2. The maximum atomic E-state index is 13.2. The predicted octanol–water partition coefficient (Wildman–Crippen LogP) is 1.34. The number of hydrogen-bond donors (Lipinski definition) is 2. The van der Waals surface area contributed by atoms with Crippen LogP contribution in [0.4, 0.5) is 4.39 Å². The molecule has 0 aliphatic heterocycles. The van der Waals surface area contributed by atoms with Crippen molar-refractivity contribution >= 4 is 17.5 Å². The van der Waals surface area contributed by atoms with Gasteiger partial charge in [-0.1, -0.05) is 17.7 Å². The third kappa shape index (κ3) is 3.18. The topological polar surface area (TPSA) is 55.1 Å². The summed E-state index contributed by atoms with van der Waals surface area (Å²) >= 11 is 5.56. The minimum absolute atomic E-state index is 0.0768. The number of benzene rings is 1. The first-order chi connectivity index (χ1) is 7.58. The van der Waals surface area contributed by atoms with Gasteiger partial charge in [-0.25, -0.2) is 4.39 Å². The molecule has 0 saturated carbocycles. The average Bonchev–Trinajstić information content (AvgIpc) is 2.29. The first-order valence-electron chi connectivity index (χ1n) is 4.94. The van der Waals surface area contributed by atoms with Crippen LogP contribution in [0.25, 0.3) is 0 Å². The fraction of sp³-hybridized carbons (Fsp3) is 0.364. The van der Waals surface area contributed by atoms with Crippen molar-refractivity contribution < 1.29 is 9.18 Å². The van der Waals surface area contributed by atoms with Gasteiger partial charge in [0.05, 0.1) is 10.9 Å². The van der Waals surface area contributed by atoms with Crippen LogP contribution in [-0.2, 0) is 11.2 Å². The highest BCUT2D eigenvalue weighted by molar-refractivity contribution is 6.30. The summed E-state index contributed by atoms with van der Waals surface area (Å²) in [7, 11) is 1.55. The zero-order chi connectivity index (χ0) is 12.1. The molecule has 16 heavy (non-hydrogen) atoms. The van der Waals surface area contributed by atoms with E-state index in [1.807, 2.05) is 0 Å². The van der Waals surface area contributed by atoms with Crippen molar-refractivity contribution in [3.63, 3.8) is 0 Å². The van der Waals surface area contributed by atoms with Crippen LogP contribution >= 0.6 is 11.6 Å². The van der Waals surface area contributed by atoms with Crippen LogP contribution in [0, 0.1) is 11.7 Å². The van der Waals surface area contributed by atoms with Crippen molar-refractivity contribution in [1.29, 1.82) is 0 Å². The number of nitrogens with one attached hydrogen (secondary N) is 1. The van der Waals surface area contributed by atoms with Crippen molar-refractivity contribution in [1.82, 2.24) is 5.32 Å². The predicted molar refractivity (Wildman–Crippen MR) is 61.7 cm³/mol. The highest BCUT2D eigenvalue weighted by Crippen LogP contribution is 2.17. The van der Waals surface area contributed by atoms with E-state index in [2.05, 4.69) is 5.32 Å². The minimum Gasteiger partial charge on any atom is -0.359 e. The Balaban J connectivity index is 2.78. The molecule has 1 rings (SSSR count). The summed E-state index contributed by atoms with van der Waals surface area (Å²) in [5.74, 6) is -0.963. The van der Waals surface area contributed by atoms with Gasteiger partial charge >= 0.3 is 0 Å². The standard InChI is InChI=1S/C11H14ClFN2O/c1-15-11(16)8(6-14)4-7-2-3-9(12)10(13)5-7/h2-3,5,8H,4,6,14H2,1H3,(H,15,16). The van der Waals surface area contributed by atoms with E-state index in [-0.39, 0.29) is 23.4 Å². The fourth-order valence-corrected chi connectivity index (χ4v) is 1.56. The van der Waals surface area contributed by atoms with Crippen molar-refractivity contribution in [2.24, 2.45) is 11.7 Å². The monoisotopic (exact) mass is 244 g/mol. The van der Waals surface area contributed by atoms with Crippen molar-refractivity contribution in [2.75, 3.05) is 13.6 Å². The quantitative estimate of drug-likeness (QED) is 0.840. The molecular formula is C11H14ClFN2O. The molecule has 0 bridgehead atoms. The molecule has 1 aromatic carbocycles. The average molecular weight is 245 g/mol. The molecule has 0 aliphatic carbocycles. The van der Waals surface area contributed by atoms with E-state index >= 15 is 0 Å². The summed E-state index contributed by atoms with van der Waals surface area (Å²) in [6.45, 7) is 0.226. The molecule has 0 aromatic heterocycles. The zero-order valence-electron chi connectivity index (χ0n) is 8.97. The van der Waals surface area contributed by atoms with Gasteiger partial charge in [-0.05, 0) is 24.1 Å². The molecule has 1 aromatic rings. The number of carbonyl (C=O) groups is 1. The Morgan fingerprint density at radius 2 is 2.31 bits per heavy atom. The summed E-state index contributed by atoms with van der Waals surface area (Å²) in [6.07, 6.45) is 0.407. The molecule has 3 N–H and O–H groups in total. The lowest BCUT2D eigenvalue weighted by atomic mass is 9.98. The first kappa shape index (κ1) is 12.9. The largest absolute Gasteiger partial charge is 0.359 e. The minimum atomic E-state index is -0.480. The number of halogens is 2. The van der Waals surface area contributed by atoms with Gasteiger partial charge in [0, 0.05) is 13.6 Å². The lowest BCUT2D eigenvalue weighted by Crippen LogP contribution is -2.34. The Morgan fingerprint density at radius 3 is 2.81 bits per heavy atom. The Bertz CT molecular complexity index is 384. The Morgan fingerprint density at radius 1 is 1.62 bits per heavy atom. The van der Waals surface area contributed by atoms with E-state index in [4.69, 9.17) is 17.3 Å². The number of hydrogen-bond acceptors (Lipinski definition) is 2. The number of amides is 1. The summed E-state index contributed by atoms with van der Waals surface area (Å²) in [4.78, 5) is 11.4. The number of carbonyl (C=O) groups excluding carboxylic acids is 1. The second kappa shape index (κ2) is 5.82. The van der Waals surface area contributed by atoms with E-state index in [0.29, 0.717) is 12.0 Å². The van der Waals surface area contributed by atoms with Gasteiger partial charge in [-0.2, -0.15) is 0 Å². The van der Waals surface area contributed by atoms with Crippen LogP contribution in [0.3, 0.4) is 0 Å². The maximum Gasteiger partial charge on any atom is 0.224 e. The van der Waals surface area contributed by atoms with E-state index < -0.39 is 5.82 Å². The van der Waals surface area contributed by atoms with Crippen LogP contribution in [0.2, 0.25) is 5.02 Å². The summed E-state index contributed by atoms with van der Waals surface area (Å²) in [6, 6.07) is 4.49. The molecule has 1 atom stereocenters. The van der Waals surface area contributed by atoms with Crippen LogP contribution in [0.15, 0.2) is 18.2 Å². The molecule has 0 saturated heterocycles. The molecule has 1 amide bonds. The van der Waals surface area contributed by atoms with Crippen molar-refractivity contribution in [3.8, 4) is 0 Å². The highest BCUT2D eigenvalue weighted by Gasteiger charge is 2.16. The summed E-state index contributed by atoms with van der Waals surface area (Å²) < 4.78 is 13.2. The maximum absolute atomic E-state index is 13.2.